The van der Waals surface area contributed by atoms with Crippen molar-refractivity contribution in [1.29, 1.82) is 0 Å². The molecule has 2 aromatic carbocycles. The van der Waals surface area contributed by atoms with E-state index in [0.717, 1.165) is 5.56 Å². The molecule has 15 nitrogen and oxygen atoms in total. The molecular weight excluding hydrogens is 652 g/mol. The summed E-state index contributed by atoms with van der Waals surface area (Å²) in [6.45, 7) is 6.19. The second-order valence-electron chi connectivity index (χ2n) is 12.6. The molecule has 0 aliphatic carbocycles. The molecular formula is C35H50N4O11. The van der Waals surface area contributed by atoms with Gasteiger partial charge >= 0.3 is 12.1 Å². The Bertz CT molecular complexity index is 1380. The first-order valence-electron chi connectivity index (χ1n) is 16.5. The number of amides is 4. The minimum atomic E-state index is -2.29. The Balaban J connectivity index is 2.12. The number of carboxylic acid groups (broad SMARTS) is 1. The zero-order valence-electron chi connectivity index (χ0n) is 28.7. The number of carbonyl (C=O) groups is 5. The Kier molecular flexibility index (Phi) is 17.3. The molecule has 50 heavy (non-hydrogen) atoms. The summed E-state index contributed by atoms with van der Waals surface area (Å²) in [4.78, 5) is 63.7. The fourth-order valence-corrected chi connectivity index (χ4v) is 5.03. The number of rotatable bonds is 20. The van der Waals surface area contributed by atoms with Crippen molar-refractivity contribution in [3.05, 3.63) is 71.8 Å². The van der Waals surface area contributed by atoms with Gasteiger partial charge in [-0.1, -0.05) is 94.8 Å². The number of nitrogens with one attached hydrogen (secondary N) is 4. The molecule has 8 atom stereocenters. The molecule has 0 bridgehead atoms. The van der Waals surface area contributed by atoms with Gasteiger partial charge in [-0.15, -0.1) is 0 Å². The van der Waals surface area contributed by atoms with Crippen LogP contribution in [0.2, 0.25) is 0 Å². The van der Waals surface area contributed by atoms with Crippen molar-refractivity contribution in [2.24, 2.45) is 11.8 Å². The minimum Gasteiger partial charge on any atom is -0.481 e. The molecule has 276 valence electrons. The lowest BCUT2D eigenvalue weighted by Gasteiger charge is -2.31. The van der Waals surface area contributed by atoms with Crippen LogP contribution >= 0.6 is 0 Å². The van der Waals surface area contributed by atoms with Gasteiger partial charge in [-0.25, -0.2) is 4.79 Å². The summed E-state index contributed by atoms with van der Waals surface area (Å²) >= 11 is 0. The Morgan fingerprint density at radius 3 is 1.90 bits per heavy atom. The van der Waals surface area contributed by atoms with Crippen LogP contribution in [-0.2, 0) is 30.5 Å². The van der Waals surface area contributed by atoms with Gasteiger partial charge < -0.3 is 51.5 Å². The van der Waals surface area contributed by atoms with Gasteiger partial charge in [0.1, 0.15) is 30.9 Å². The molecule has 0 unspecified atom stereocenters. The van der Waals surface area contributed by atoms with Crippen LogP contribution in [0.5, 0.6) is 0 Å². The fourth-order valence-electron chi connectivity index (χ4n) is 5.03. The number of aliphatic carboxylic acids is 1. The number of carbonyl (C=O) groups excluding carboxylic acids is 4. The summed E-state index contributed by atoms with van der Waals surface area (Å²) in [5.74, 6) is -4.47. The second kappa shape index (κ2) is 20.8. The predicted octanol–water partition coefficient (Wildman–Crippen LogP) is 0.750. The molecule has 2 aromatic rings. The molecule has 15 heteroatoms. The SMILES string of the molecule is CC[C@H](C)[C@H](NC(=O)OCc1ccccc1)C(=O)N[C@@H](CC(C)C)C(=O)N[C@@H](CO)[C@@H](O)[C@@H](O)[C@H](O)C(=O)N[C@@H](CC(=O)O)c1ccccc1. The average Bonchev–Trinajstić information content (AvgIpc) is 3.10. The summed E-state index contributed by atoms with van der Waals surface area (Å²) in [5, 5.41) is 61.2. The van der Waals surface area contributed by atoms with Crippen molar-refractivity contribution in [2.45, 2.75) is 96.0 Å². The van der Waals surface area contributed by atoms with Gasteiger partial charge in [-0.05, 0) is 29.4 Å². The van der Waals surface area contributed by atoms with Crippen molar-refractivity contribution >= 4 is 29.8 Å². The van der Waals surface area contributed by atoms with E-state index in [4.69, 9.17) is 4.74 Å². The Labute approximate surface area is 291 Å². The standard InChI is InChI=1S/C35H50N4O11/c1-5-21(4)28(39-35(49)50-19-22-12-8-6-9-13-22)33(47)37-25(16-20(2)3)32(46)38-26(18-40)29(43)30(44)31(45)34(48)36-24(17-27(41)42)23-14-10-7-11-15-23/h6-15,20-21,24-26,28-31,40,43-45H,5,16-19H2,1-4H3,(H,36,48)(H,37,47)(H,38,46)(H,39,49)(H,41,42)/t21-,24-,25-,26-,28-,29+,30+,31-/m0/s1. The molecule has 0 heterocycles. The van der Waals surface area contributed by atoms with E-state index in [1.165, 1.54) is 0 Å². The van der Waals surface area contributed by atoms with Gasteiger partial charge in [0.25, 0.3) is 5.91 Å². The smallest absolute Gasteiger partial charge is 0.408 e. The summed E-state index contributed by atoms with van der Waals surface area (Å²) < 4.78 is 5.27. The van der Waals surface area contributed by atoms with Crippen LogP contribution in [0.1, 0.15) is 64.1 Å². The van der Waals surface area contributed by atoms with Crippen molar-refractivity contribution in [3.63, 3.8) is 0 Å². The highest BCUT2D eigenvalue weighted by Crippen LogP contribution is 2.18. The lowest BCUT2D eigenvalue weighted by molar-refractivity contribution is -0.145. The van der Waals surface area contributed by atoms with Crippen molar-refractivity contribution in [2.75, 3.05) is 6.61 Å². The van der Waals surface area contributed by atoms with Crippen LogP contribution < -0.4 is 21.3 Å². The third-order valence-electron chi connectivity index (χ3n) is 8.10. The predicted molar refractivity (Wildman–Crippen MR) is 181 cm³/mol. The number of ether oxygens (including phenoxy) is 1. The summed E-state index contributed by atoms with van der Waals surface area (Å²) in [5.41, 5.74) is 1.16. The molecule has 0 saturated carbocycles. The summed E-state index contributed by atoms with van der Waals surface area (Å²) in [6, 6.07) is 12.0. The van der Waals surface area contributed by atoms with E-state index in [9.17, 15) is 49.5 Å². The first-order valence-corrected chi connectivity index (χ1v) is 16.5. The molecule has 0 aliphatic heterocycles. The van der Waals surface area contributed by atoms with Crippen LogP contribution in [0.25, 0.3) is 0 Å². The normalized spacial score (nSPS) is 16.0. The summed E-state index contributed by atoms with van der Waals surface area (Å²) in [6.07, 6.45) is -7.37. The maximum atomic E-state index is 13.5. The van der Waals surface area contributed by atoms with Crippen LogP contribution in [0.4, 0.5) is 4.79 Å². The quantitative estimate of drug-likeness (QED) is 0.0932. The number of benzene rings is 2. The third kappa shape index (κ3) is 13.4. The molecule has 4 amide bonds. The van der Waals surface area contributed by atoms with Gasteiger partial charge in [-0.2, -0.15) is 0 Å². The van der Waals surface area contributed by atoms with Crippen LogP contribution in [-0.4, -0.2) is 98.4 Å². The van der Waals surface area contributed by atoms with Crippen molar-refractivity contribution < 1.29 is 54.2 Å². The Hall–Kier alpha value is -4.57. The lowest BCUT2D eigenvalue weighted by atomic mass is 9.96. The molecule has 2 rings (SSSR count). The van der Waals surface area contributed by atoms with Gasteiger partial charge in [0, 0.05) is 0 Å². The van der Waals surface area contributed by atoms with E-state index in [2.05, 4.69) is 21.3 Å². The topological polar surface area (TPSA) is 244 Å². The molecule has 0 aromatic heterocycles. The fraction of sp³-hybridized carbons (Fsp3) is 0.514. The maximum absolute atomic E-state index is 13.5. The number of hydrogen-bond donors (Lipinski definition) is 9. The monoisotopic (exact) mass is 702 g/mol. The van der Waals surface area contributed by atoms with Crippen LogP contribution in [0.3, 0.4) is 0 Å². The van der Waals surface area contributed by atoms with E-state index >= 15 is 0 Å². The molecule has 0 radical (unpaired) electrons. The van der Waals surface area contributed by atoms with Crippen molar-refractivity contribution in [3.8, 4) is 0 Å². The molecule has 9 N–H and O–H groups in total. The lowest BCUT2D eigenvalue weighted by Crippen LogP contribution is -2.60. The number of alkyl carbamates (subject to hydrolysis) is 1. The average molecular weight is 703 g/mol. The largest absolute Gasteiger partial charge is 0.481 e. The van der Waals surface area contributed by atoms with E-state index in [1.54, 1.807) is 75.4 Å². The van der Waals surface area contributed by atoms with Gasteiger partial charge in [0.15, 0.2) is 6.10 Å². The molecule has 0 aliphatic rings. The van der Waals surface area contributed by atoms with Crippen LogP contribution in [0.15, 0.2) is 60.7 Å². The number of aliphatic hydroxyl groups is 4. The first-order chi connectivity index (χ1) is 23.7. The number of hydrogen-bond acceptors (Lipinski definition) is 10. The van der Waals surface area contributed by atoms with Gasteiger partial charge in [0.2, 0.25) is 11.8 Å². The molecule has 0 spiro atoms. The highest BCUT2D eigenvalue weighted by molar-refractivity contribution is 5.91. The molecule has 0 fully saturated rings. The maximum Gasteiger partial charge on any atom is 0.408 e. The van der Waals surface area contributed by atoms with Gasteiger partial charge in [-0.3, -0.25) is 19.2 Å². The molecule has 0 saturated heterocycles. The van der Waals surface area contributed by atoms with E-state index < -0.39 is 85.3 Å². The number of carboxylic acids is 1. The van der Waals surface area contributed by atoms with Gasteiger partial charge in [0.05, 0.1) is 25.1 Å². The van der Waals surface area contributed by atoms with E-state index in [1.807, 2.05) is 13.0 Å². The summed E-state index contributed by atoms with van der Waals surface area (Å²) in [7, 11) is 0. The van der Waals surface area contributed by atoms with Crippen molar-refractivity contribution in [1.82, 2.24) is 21.3 Å². The van der Waals surface area contributed by atoms with Crippen LogP contribution in [0, 0.1) is 11.8 Å². The highest BCUT2D eigenvalue weighted by atomic mass is 16.5. The zero-order chi connectivity index (χ0) is 37.4. The highest BCUT2D eigenvalue weighted by Gasteiger charge is 2.38. The first kappa shape index (κ1) is 41.6. The zero-order valence-corrected chi connectivity index (χ0v) is 28.7. The second-order valence-corrected chi connectivity index (χ2v) is 12.6. The minimum absolute atomic E-state index is 0.0249. The third-order valence-corrected chi connectivity index (χ3v) is 8.10. The van der Waals surface area contributed by atoms with E-state index in [-0.39, 0.29) is 24.9 Å². The van der Waals surface area contributed by atoms with E-state index in [0.29, 0.717) is 12.0 Å². The Morgan fingerprint density at radius 1 is 0.760 bits per heavy atom. The Morgan fingerprint density at radius 2 is 1.36 bits per heavy atom. The number of aliphatic hydroxyl groups excluding tert-OH is 4.